The van der Waals surface area contributed by atoms with E-state index in [9.17, 15) is 9.59 Å². The van der Waals surface area contributed by atoms with E-state index in [0.717, 1.165) is 11.3 Å². The van der Waals surface area contributed by atoms with Crippen molar-refractivity contribution in [2.45, 2.75) is 6.92 Å². The number of carbonyl (C=O) groups excluding carboxylic acids is 2. The minimum absolute atomic E-state index is 0.0896. The number of hydrogen-bond donors (Lipinski definition) is 2. The van der Waals surface area contributed by atoms with Crippen LogP contribution in [-0.4, -0.2) is 29.9 Å². The number of carbonyl (C=O) groups is 2. The molecule has 5 heteroatoms. The van der Waals surface area contributed by atoms with E-state index in [4.69, 9.17) is 0 Å². The molecule has 0 radical (unpaired) electrons. The largest absolute Gasteiger partial charge is 0.352 e. The molecule has 2 amide bonds. The van der Waals surface area contributed by atoms with Crippen molar-refractivity contribution in [1.82, 2.24) is 5.32 Å². The second-order valence-corrected chi connectivity index (χ2v) is 4.99. The lowest BCUT2D eigenvalue weighted by atomic mass is 10.2. The molecule has 19 heavy (non-hydrogen) atoms. The summed E-state index contributed by atoms with van der Waals surface area (Å²) >= 11 is 1.28. The van der Waals surface area contributed by atoms with Gasteiger partial charge in [0.25, 0.3) is 0 Å². The summed E-state index contributed by atoms with van der Waals surface area (Å²) in [5, 5.41) is 5.45. The number of benzene rings is 1. The standard InChI is InChI=1S/C14H18N2O2S/c1-3-7-15-13(17)9-19-10-14(18)16-12-6-4-5-11(2)8-12/h3-6,8H,1,7,9-10H2,2H3,(H,15,17)(H,16,18). The minimum atomic E-state index is -0.105. The van der Waals surface area contributed by atoms with Gasteiger partial charge in [0.15, 0.2) is 0 Å². The zero-order chi connectivity index (χ0) is 14.1. The van der Waals surface area contributed by atoms with Crippen molar-refractivity contribution in [3.05, 3.63) is 42.5 Å². The summed E-state index contributed by atoms with van der Waals surface area (Å²) in [6.45, 7) is 5.93. The smallest absolute Gasteiger partial charge is 0.234 e. The van der Waals surface area contributed by atoms with E-state index in [-0.39, 0.29) is 23.3 Å². The first kappa shape index (κ1) is 15.3. The van der Waals surface area contributed by atoms with Gasteiger partial charge in [-0.2, -0.15) is 0 Å². The first-order valence-corrected chi connectivity index (χ1v) is 7.09. The number of rotatable bonds is 7. The van der Waals surface area contributed by atoms with E-state index < -0.39 is 0 Å². The topological polar surface area (TPSA) is 58.2 Å². The van der Waals surface area contributed by atoms with Crippen LogP contribution in [0.15, 0.2) is 36.9 Å². The van der Waals surface area contributed by atoms with Gasteiger partial charge >= 0.3 is 0 Å². The first-order chi connectivity index (χ1) is 9.11. The van der Waals surface area contributed by atoms with Crippen LogP contribution in [0.3, 0.4) is 0 Å². The van der Waals surface area contributed by atoms with Gasteiger partial charge in [-0.05, 0) is 24.6 Å². The van der Waals surface area contributed by atoms with Gasteiger partial charge in [0.1, 0.15) is 0 Å². The maximum absolute atomic E-state index is 11.6. The average Bonchev–Trinajstić information content (AvgIpc) is 2.36. The highest BCUT2D eigenvalue weighted by atomic mass is 32.2. The van der Waals surface area contributed by atoms with Gasteiger partial charge in [0, 0.05) is 12.2 Å². The van der Waals surface area contributed by atoms with Crippen LogP contribution < -0.4 is 10.6 Å². The average molecular weight is 278 g/mol. The van der Waals surface area contributed by atoms with Crippen molar-refractivity contribution in [2.75, 3.05) is 23.4 Å². The molecule has 0 fully saturated rings. The number of nitrogens with one attached hydrogen (secondary N) is 2. The molecular formula is C14H18N2O2S. The Kier molecular flexibility index (Phi) is 6.74. The van der Waals surface area contributed by atoms with Gasteiger partial charge in [-0.3, -0.25) is 9.59 Å². The van der Waals surface area contributed by atoms with Crippen LogP contribution in [0.25, 0.3) is 0 Å². The molecule has 102 valence electrons. The van der Waals surface area contributed by atoms with E-state index in [0.29, 0.717) is 6.54 Å². The van der Waals surface area contributed by atoms with Crippen LogP contribution in [0.4, 0.5) is 5.69 Å². The molecule has 0 saturated carbocycles. The van der Waals surface area contributed by atoms with Crippen molar-refractivity contribution in [2.24, 2.45) is 0 Å². The number of thioether (sulfide) groups is 1. The molecule has 0 bridgehead atoms. The van der Waals surface area contributed by atoms with E-state index in [1.807, 2.05) is 31.2 Å². The van der Waals surface area contributed by atoms with Crippen molar-refractivity contribution in [3.63, 3.8) is 0 Å². The predicted molar refractivity (Wildman–Crippen MR) is 80.3 cm³/mol. The Hall–Kier alpha value is -1.75. The van der Waals surface area contributed by atoms with E-state index in [1.165, 1.54) is 11.8 Å². The van der Waals surface area contributed by atoms with Gasteiger partial charge in [0.2, 0.25) is 11.8 Å². The summed E-state index contributed by atoms with van der Waals surface area (Å²) in [6.07, 6.45) is 1.62. The molecule has 2 N–H and O–H groups in total. The molecule has 4 nitrogen and oxygen atoms in total. The summed E-state index contributed by atoms with van der Waals surface area (Å²) in [5.74, 6) is 0.338. The Labute approximate surface area is 117 Å². The highest BCUT2D eigenvalue weighted by Gasteiger charge is 2.05. The lowest BCUT2D eigenvalue weighted by Gasteiger charge is -2.06. The summed E-state index contributed by atoms with van der Waals surface area (Å²) < 4.78 is 0. The predicted octanol–water partition coefficient (Wildman–Crippen LogP) is 1.97. The molecule has 0 aliphatic heterocycles. The maximum atomic E-state index is 11.6. The Balaban J connectivity index is 2.25. The first-order valence-electron chi connectivity index (χ1n) is 5.93. The fourth-order valence-corrected chi connectivity index (χ4v) is 2.04. The van der Waals surface area contributed by atoms with E-state index in [1.54, 1.807) is 6.08 Å². The summed E-state index contributed by atoms with van der Waals surface area (Å²) in [6, 6.07) is 7.60. The molecule has 0 aromatic heterocycles. The zero-order valence-corrected chi connectivity index (χ0v) is 11.8. The number of amides is 2. The monoisotopic (exact) mass is 278 g/mol. The SMILES string of the molecule is C=CCNC(=O)CSCC(=O)Nc1cccc(C)c1. The van der Waals surface area contributed by atoms with Gasteiger partial charge in [0.05, 0.1) is 11.5 Å². The fourth-order valence-electron chi connectivity index (χ4n) is 1.39. The molecule has 0 heterocycles. The summed E-state index contributed by atoms with van der Waals surface area (Å²) in [7, 11) is 0. The second kappa shape index (κ2) is 8.37. The van der Waals surface area contributed by atoms with Crippen LogP contribution in [0.5, 0.6) is 0 Å². The van der Waals surface area contributed by atoms with Gasteiger partial charge < -0.3 is 10.6 Å². The molecular weight excluding hydrogens is 260 g/mol. The summed E-state index contributed by atoms with van der Waals surface area (Å²) in [4.78, 5) is 22.9. The lowest BCUT2D eigenvalue weighted by molar-refractivity contribution is -0.118. The van der Waals surface area contributed by atoms with Crippen molar-refractivity contribution in [1.29, 1.82) is 0 Å². The van der Waals surface area contributed by atoms with Crippen molar-refractivity contribution in [3.8, 4) is 0 Å². The van der Waals surface area contributed by atoms with Gasteiger partial charge in [-0.15, -0.1) is 18.3 Å². The molecule has 1 rings (SSSR count). The molecule has 1 aromatic rings. The minimum Gasteiger partial charge on any atom is -0.352 e. The third kappa shape index (κ3) is 6.67. The maximum Gasteiger partial charge on any atom is 0.234 e. The van der Waals surface area contributed by atoms with E-state index in [2.05, 4.69) is 17.2 Å². The van der Waals surface area contributed by atoms with Crippen LogP contribution in [0, 0.1) is 6.92 Å². The molecule has 0 aliphatic carbocycles. The Bertz CT molecular complexity index is 461. The van der Waals surface area contributed by atoms with Crippen LogP contribution >= 0.6 is 11.8 Å². The van der Waals surface area contributed by atoms with Crippen LogP contribution in [-0.2, 0) is 9.59 Å². The van der Waals surface area contributed by atoms with Crippen molar-refractivity contribution < 1.29 is 9.59 Å². The van der Waals surface area contributed by atoms with E-state index >= 15 is 0 Å². The number of anilines is 1. The highest BCUT2D eigenvalue weighted by molar-refractivity contribution is 8.00. The normalized spacial score (nSPS) is 9.74. The third-order valence-corrected chi connectivity index (χ3v) is 3.14. The van der Waals surface area contributed by atoms with Gasteiger partial charge in [-0.25, -0.2) is 0 Å². The molecule has 0 unspecified atom stereocenters. The number of aryl methyl sites for hydroxylation is 1. The lowest BCUT2D eigenvalue weighted by Crippen LogP contribution is -2.26. The molecule has 0 atom stereocenters. The highest BCUT2D eigenvalue weighted by Crippen LogP contribution is 2.10. The quantitative estimate of drug-likeness (QED) is 0.750. The van der Waals surface area contributed by atoms with Gasteiger partial charge in [-0.1, -0.05) is 18.2 Å². The van der Waals surface area contributed by atoms with Crippen molar-refractivity contribution >= 4 is 29.3 Å². The third-order valence-electron chi connectivity index (χ3n) is 2.21. The Morgan fingerprint density at radius 1 is 1.32 bits per heavy atom. The number of hydrogen-bond acceptors (Lipinski definition) is 3. The Morgan fingerprint density at radius 2 is 2.05 bits per heavy atom. The second-order valence-electron chi connectivity index (χ2n) is 4.00. The van der Waals surface area contributed by atoms with Crippen LogP contribution in [0.1, 0.15) is 5.56 Å². The molecule has 0 saturated heterocycles. The molecule has 0 spiro atoms. The molecule has 1 aromatic carbocycles. The molecule has 0 aliphatic rings. The fraction of sp³-hybridized carbons (Fsp3) is 0.286. The Morgan fingerprint density at radius 3 is 2.74 bits per heavy atom. The zero-order valence-electron chi connectivity index (χ0n) is 10.9. The summed E-state index contributed by atoms with van der Waals surface area (Å²) in [5.41, 5.74) is 1.87. The van der Waals surface area contributed by atoms with Crippen LogP contribution in [0.2, 0.25) is 0 Å².